The molecule has 2 heterocycles. The number of rotatable bonds is 4. The monoisotopic (exact) mass is 370 g/mol. The van der Waals surface area contributed by atoms with Crippen LogP contribution in [-0.4, -0.2) is 30.9 Å². The van der Waals surface area contributed by atoms with Gasteiger partial charge in [0.05, 0.1) is 17.8 Å². The molecule has 0 aliphatic carbocycles. The summed E-state index contributed by atoms with van der Waals surface area (Å²) in [6.45, 7) is 0.326. The number of anilines is 1. The lowest BCUT2D eigenvalue weighted by Gasteiger charge is -2.06. The van der Waals surface area contributed by atoms with Crippen molar-refractivity contribution in [2.45, 2.75) is 6.54 Å². The maximum atomic E-state index is 12.0. The lowest BCUT2D eigenvalue weighted by atomic mass is 10.2. The Kier molecular flexibility index (Phi) is 4.51. The highest BCUT2D eigenvalue weighted by molar-refractivity contribution is 6.36. The van der Waals surface area contributed by atoms with Crippen molar-refractivity contribution in [1.82, 2.24) is 25.0 Å². The number of carbonyl (C=O) groups excluding carboxylic acids is 1. The van der Waals surface area contributed by atoms with E-state index in [4.69, 9.17) is 34.8 Å². The fourth-order valence-electron chi connectivity index (χ4n) is 1.87. The van der Waals surface area contributed by atoms with E-state index in [-0.39, 0.29) is 16.7 Å². The second kappa shape index (κ2) is 6.57. The molecule has 7 nitrogen and oxygen atoms in total. The van der Waals surface area contributed by atoms with Crippen LogP contribution in [0, 0.1) is 0 Å². The molecule has 23 heavy (non-hydrogen) atoms. The Labute approximate surface area is 145 Å². The molecule has 0 radical (unpaired) electrons. The molecule has 0 fully saturated rings. The predicted octanol–water partition coefficient (Wildman–Crippen LogP) is 3.26. The molecular formula is C13H9Cl3N6O. The van der Waals surface area contributed by atoms with Gasteiger partial charge in [0.25, 0.3) is 5.91 Å². The fourth-order valence-corrected chi connectivity index (χ4v) is 2.56. The van der Waals surface area contributed by atoms with Gasteiger partial charge in [-0.15, -0.1) is 5.10 Å². The van der Waals surface area contributed by atoms with E-state index in [1.807, 2.05) is 0 Å². The van der Waals surface area contributed by atoms with Crippen molar-refractivity contribution in [2.24, 2.45) is 0 Å². The normalized spacial score (nSPS) is 10.7. The molecule has 0 atom stereocenters. The van der Waals surface area contributed by atoms with Crippen LogP contribution in [0.1, 0.15) is 16.1 Å². The van der Waals surface area contributed by atoms with E-state index in [9.17, 15) is 4.79 Å². The summed E-state index contributed by atoms with van der Waals surface area (Å²) in [5, 5.41) is 14.1. The number of carbonyl (C=O) groups is 1. The summed E-state index contributed by atoms with van der Waals surface area (Å²) in [7, 11) is 0. The lowest BCUT2D eigenvalue weighted by Crippen LogP contribution is -2.14. The Morgan fingerprint density at radius 3 is 2.61 bits per heavy atom. The largest absolute Gasteiger partial charge is 0.288 e. The Bertz CT molecular complexity index is 839. The molecule has 118 valence electrons. The summed E-state index contributed by atoms with van der Waals surface area (Å²) in [6, 6.07) is 5.24. The first-order valence-electron chi connectivity index (χ1n) is 6.37. The Balaban J connectivity index is 1.74. The number of nitrogens with one attached hydrogen (secondary N) is 2. The molecule has 0 aliphatic rings. The van der Waals surface area contributed by atoms with Crippen LogP contribution in [0.25, 0.3) is 0 Å². The Hall–Kier alpha value is -2.09. The van der Waals surface area contributed by atoms with Gasteiger partial charge in [0, 0.05) is 15.6 Å². The average Bonchev–Trinajstić information content (AvgIpc) is 3.12. The number of hydrogen-bond acceptors (Lipinski definition) is 4. The predicted molar refractivity (Wildman–Crippen MR) is 87.1 cm³/mol. The Morgan fingerprint density at radius 2 is 1.96 bits per heavy atom. The van der Waals surface area contributed by atoms with Crippen LogP contribution in [0.2, 0.25) is 15.1 Å². The average molecular weight is 372 g/mol. The van der Waals surface area contributed by atoms with Crippen LogP contribution < -0.4 is 5.32 Å². The molecule has 1 amide bonds. The van der Waals surface area contributed by atoms with Gasteiger partial charge in [-0.2, -0.15) is 5.10 Å². The van der Waals surface area contributed by atoms with Gasteiger partial charge in [0.2, 0.25) is 5.95 Å². The van der Waals surface area contributed by atoms with Gasteiger partial charge in [-0.3, -0.25) is 15.2 Å². The second-order valence-corrected chi connectivity index (χ2v) is 5.73. The van der Waals surface area contributed by atoms with E-state index in [2.05, 4.69) is 25.6 Å². The molecule has 2 aromatic heterocycles. The number of amides is 1. The minimum absolute atomic E-state index is 0.129. The molecule has 0 saturated heterocycles. The van der Waals surface area contributed by atoms with E-state index in [0.29, 0.717) is 16.6 Å². The number of aromatic nitrogens is 5. The van der Waals surface area contributed by atoms with Gasteiger partial charge in [-0.05, 0) is 12.1 Å². The lowest BCUT2D eigenvalue weighted by molar-refractivity contribution is 0.102. The van der Waals surface area contributed by atoms with Gasteiger partial charge in [0.15, 0.2) is 0 Å². The van der Waals surface area contributed by atoms with Gasteiger partial charge in [-0.25, -0.2) is 9.67 Å². The molecule has 1 aromatic carbocycles. The van der Waals surface area contributed by atoms with Crippen LogP contribution in [-0.2, 0) is 6.54 Å². The molecule has 0 unspecified atom stereocenters. The molecular weight excluding hydrogens is 363 g/mol. The molecule has 3 aromatic rings. The summed E-state index contributed by atoms with van der Waals surface area (Å²) in [5.74, 6) is -0.357. The topological polar surface area (TPSA) is 88.5 Å². The van der Waals surface area contributed by atoms with Crippen molar-refractivity contribution < 1.29 is 4.79 Å². The highest BCUT2D eigenvalue weighted by atomic mass is 35.5. The molecule has 0 bridgehead atoms. The summed E-state index contributed by atoms with van der Waals surface area (Å²) < 4.78 is 1.51. The third-order valence-corrected chi connectivity index (χ3v) is 3.96. The molecule has 0 saturated carbocycles. The van der Waals surface area contributed by atoms with E-state index in [1.54, 1.807) is 18.2 Å². The van der Waals surface area contributed by atoms with E-state index < -0.39 is 5.91 Å². The van der Waals surface area contributed by atoms with E-state index in [1.165, 1.54) is 17.2 Å². The maximum absolute atomic E-state index is 12.0. The number of hydrogen-bond donors (Lipinski definition) is 2. The molecule has 10 heteroatoms. The molecule has 0 spiro atoms. The summed E-state index contributed by atoms with van der Waals surface area (Å²) in [4.78, 5) is 16.0. The summed E-state index contributed by atoms with van der Waals surface area (Å²) in [6.07, 6.45) is 2.80. The van der Waals surface area contributed by atoms with Crippen LogP contribution in [0.15, 0.2) is 30.7 Å². The zero-order valence-corrected chi connectivity index (χ0v) is 13.7. The zero-order valence-electron chi connectivity index (χ0n) is 11.4. The van der Waals surface area contributed by atoms with E-state index in [0.717, 1.165) is 5.56 Å². The van der Waals surface area contributed by atoms with Gasteiger partial charge in [0.1, 0.15) is 12.0 Å². The first-order valence-corrected chi connectivity index (χ1v) is 7.50. The first-order chi connectivity index (χ1) is 11.0. The molecule has 0 aliphatic heterocycles. The summed E-state index contributed by atoms with van der Waals surface area (Å²) >= 11 is 18.0. The zero-order chi connectivity index (χ0) is 16.4. The highest BCUT2D eigenvalue weighted by Crippen LogP contribution is 2.25. The van der Waals surface area contributed by atoms with Crippen molar-refractivity contribution in [3.8, 4) is 0 Å². The number of nitrogens with zero attached hydrogens (tertiary/aromatic N) is 4. The Morgan fingerprint density at radius 1 is 1.22 bits per heavy atom. The van der Waals surface area contributed by atoms with Crippen LogP contribution in [0.3, 0.4) is 0 Å². The third kappa shape index (κ3) is 3.47. The van der Waals surface area contributed by atoms with Crippen molar-refractivity contribution in [2.75, 3.05) is 5.32 Å². The SMILES string of the molecule is O=C(Nc1ncn(Cc2c(Cl)cccc2Cl)n1)c1[nH]ncc1Cl. The van der Waals surface area contributed by atoms with Gasteiger partial charge >= 0.3 is 0 Å². The summed E-state index contributed by atoms with van der Waals surface area (Å²) in [5.41, 5.74) is 0.854. The smallest absolute Gasteiger partial charge is 0.277 e. The molecule has 2 N–H and O–H groups in total. The van der Waals surface area contributed by atoms with Crippen molar-refractivity contribution in [3.05, 3.63) is 57.0 Å². The number of aromatic amines is 1. The van der Waals surface area contributed by atoms with Crippen molar-refractivity contribution >= 4 is 46.7 Å². The quantitative estimate of drug-likeness (QED) is 0.737. The van der Waals surface area contributed by atoms with Crippen LogP contribution in [0.4, 0.5) is 5.95 Å². The number of H-pyrrole nitrogens is 1. The fraction of sp³-hybridized carbons (Fsp3) is 0.0769. The number of halogens is 3. The third-order valence-electron chi connectivity index (χ3n) is 2.96. The maximum Gasteiger partial charge on any atom is 0.277 e. The van der Waals surface area contributed by atoms with Crippen LogP contribution >= 0.6 is 34.8 Å². The first kappa shape index (κ1) is 15.8. The van der Waals surface area contributed by atoms with Gasteiger partial charge in [-0.1, -0.05) is 40.9 Å². The standard InChI is InChI=1S/C13H9Cl3N6O/c14-8-2-1-3-9(15)7(8)5-22-6-17-13(21-22)19-12(23)11-10(16)4-18-20-11/h1-4,6H,5H2,(H,18,20)(H,19,21,23). The minimum Gasteiger partial charge on any atom is -0.288 e. The number of benzene rings is 1. The highest BCUT2D eigenvalue weighted by Gasteiger charge is 2.15. The minimum atomic E-state index is -0.485. The van der Waals surface area contributed by atoms with Crippen molar-refractivity contribution in [1.29, 1.82) is 0 Å². The van der Waals surface area contributed by atoms with Gasteiger partial charge < -0.3 is 0 Å². The van der Waals surface area contributed by atoms with Crippen LogP contribution in [0.5, 0.6) is 0 Å². The van der Waals surface area contributed by atoms with Crippen molar-refractivity contribution in [3.63, 3.8) is 0 Å². The molecule has 3 rings (SSSR count). The second-order valence-electron chi connectivity index (χ2n) is 4.51. The van der Waals surface area contributed by atoms with E-state index >= 15 is 0 Å².